The number of para-hydroxylation sites is 1. The van der Waals surface area contributed by atoms with Gasteiger partial charge < -0.3 is 15.0 Å². The summed E-state index contributed by atoms with van der Waals surface area (Å²) in [6, 6.07) is 12.0. The Morgan fingerprint density at radius 1 is 1.18 bits per heavy atom. The van der Waals surface area contributed by atoms with Crippen LogP contribution in [0.1, 0.15) is 42.1 Å². The average Bonchev–Trinajstić information content (AvgIpc) is 3.26. The number of fused-ring (bicyclic) bond motifs is 1. The normalized spacial score (nSPS) is 18.7. The van der Waals surface area contributed by atoms with E-state index in [1.807, 2.05) is 24.3 Å². The largest absolute Gasteiger partial charge is 0.496 e. The molecule has 1 fully saturated rings. The van der Waals surface area contributed by atoms with Gasteiger partial charge in [-0.1, -0.05) is 25.1 Å². The minimum absolute atomic E-state index is 0.0902. The Morgan fingerprint density at radius 3 is 2.79 bits per heavy atom. The topological polar surface area (TPSA) is 79.0 Å². The van der Waals surface area contributed by atoms with Crippen molar-refractivity contribution in [2.45, 2.75) is 37.5 Å². The highest BCUT2D eigenvalue weighted by atomic mass is 32.2. The van der Waals surface area contributed by atoms with Gasteiger partial charge in [0.05, 0.1) is 23.3 Å². The van der Waals surface area contributed by atoms with Gasteiger partial charge in [-0.05, 0) is 74.5 Å². The summed E-state index contributed by atoms with van der Waals surface area (Å²) in [5, 5.41) is 2.93. The molecule has 0 radical (unpaired) electrons. The number of nitrogens with zero attached hydrogens (tertiary/aromatic N) is 2. The highest BCUT2D eigenvalue weighted by Gasteiger charge is 2.31. The van der Waals surface area contributed by atoms with E-state index in [4.69, 9.17) is 4.74 Å². The zero-order chi connectivity index (χ0) is 23.4. The maximum Gasteiger partial charge on any atom is 0.264 e. The quantitative estimate of drug-likeness (QED) is 0.598. The number of hydrogen-bond acceptors (Lipinski definition) is 5. The molecule has 0 saturated carbocycles. The molecule has 2 heterocycles. The third kappa shape index (κ3) is 5.17. The highest BCUT2D eigenvalue weighted by Crippen LogP contribution is 2.33. The zero-order valence-electron chi connectivity index (χ0n) is 19.4. The lowest BCUT2D eigenvalue weighted by atomic mass is 10.0. The van der Waals surface area contributed by atoms with Crippen LogP contribution in [0.3, 0.4) is 0 Å². The number of ether oxygens (including phenoxy) is 1. The average molecular weight is 472 g/mol. The minimum atomic E-state index is -3.79. The van der Waals surface area contributed by atoms with E-state index in [1.165, 1.54) is 36.4 Å². The number of rotatable bonds is 8. The van der Waals surface area contributed by atoms with Crippen LogP contribution in [0, 0.1) is 5.92 Å². The maximum absolute atomic E-state index is 13.4. The van der Waals surface area contributed by atoms with E-state index in [1.54, 1.807) is 6.07 Å². The smallest absolute Gasteiger partial charge is 0.264 e. The zero-order valence-corrected chi connectivity index (χ0v) is 20.2. The van der Waals surface area contributed by atoms with E-state index in [-0.39, 0.29) is 16.4 Å². The second kappa shape index (κ2) is 10.1. The van der Waals surface area contributed by atoms with Crippen LogP contribution in [0.2, 0.25) is 0 Å². The van der Waals surface area contributed by atoms with Gasteiger partial charge in [0.1, 0.15) is 5.75 Å². The highest BCUT2D eigenvalue weighted by molar-refractivity contribution is 7.92. The number of methoxy groups -OCH3 is 1. The molecule has 0 aromatic heterocycles. The molecule has 1 saturated heterocycles. The summed E-state index contributed by atoms with van der Waals surface area (Å²) >= 11 is 0. The van der Waals surface area contributed by atoms with E-state index >= 15 is 0 Å². The third-order valence-corrected chi connectivity index (χ3v) is 8.34. The molecule has 178 valence electrons. The molecule has 2 aromatic rings. The summed E-state index contributed by atoms with van der Waals surface area (Å²) in [7, 11) is -2.31. The van der Waals surface area contributed by atoms with Gasteiger partial charge >= 0.3 is 0 Å². The predicted molar refractivity (Wildman–Crippen MR) is 129 cm³/mol. The number of amides is 1. The van der Waals surface area contributed by atoms with Crippen LogP contribution in [-0.4, -0.2) is 59.1 Å². The molecule has 1 unspecified atom stereocenters. The third-order valence-electron chi connectivity index (χ3n) is 6.53. The molecule has 0 spiro atoms. The molecule has 8 heteroatoms. The predicted octanol–water partition coefficient (Wildman–Crippen LogP) is 3.30. The number of likely N-dealkylation sites (tertiary alicyclic amines) is 1. The molecular weight excluding hydrogens is 438 g/mol. The number of sulfonamides is 1. The molecule has 4 rings (SSSR count). The Labute approximate surface area is 196 Å². The Bertz CT molecular complexity index is 1100. The Hall–Kier alpha value is -2.58. The van der Waals surface area contributed by atoms with Gasteiger partial charge in [-0.25, -0.2) is 8.42 Å². The number of nitrogens with one attached hydrogen (secondary N) is 1. The fraction of sp³-hybridized carbons (Fsp3) is 0.480. The van der Waals surface area contributed by atoms with Crippen molar-refractivity contribution in [2.75, 3.05) is 44.1 Å². The van der Waals surface area contributed by atoms with Crippen molar-refractivity contribution >= 4 is 21.6 Å². The number of anilines is 1. The Morgan fingerprint density at radius 2 is 2.00 bits per heavy atom. The molecule has 2 aliphatic heterocycles. The summed E-state index contributed by atoms with van der Waals surface area (Å²) in [5.74, 6) is 0.765. The van der Waals surface area contributed by atoms with E-state index < -0.39 is 10.0 Å². The number of piperidine rings is 1. The van der Waals surface area contributed by atoms with Gasteiger partial charge in [-0.2, -0.15) is 0 Å². The Kier molecular flexibility index (Phi) is 7.24. The van der Waals surface area contributed by atoms with Crippen LogP contribution in [0.4, 0.5) is 5.69 Å². The Balaban J connectivity index is 1.45. The number of carbonyl (C=O) groups is 1. The first-order valence-electron chi connectivity index (χ1n) is 11.7. The summed E-state index contributed by atoms with van der Waals surface area (Å²) in [4.78, 5) is 15.4. The van der Waals surface area contributed by atoms with E-state index in [0.29, 0.717) is 30.9 Å². The number of benzene rings is 2. The molecule has 0 bridgehead atoms. The van der Waals surface area contributed by atoms with Crippen LogP contribution in [0.25, 0.3) is 0 Å². The van der Waals surface area contributed by atoms with Gasteiger partial charge in [-0.15, -0.1) is 0 Å². The van der Waals surface area contributed by atoms with Gasteiger partial charge in [0, 0.05) is 19.6 Å². The lowest BCUT2D eigenvalue weighted by Gasteiger charge is -2.30. The van der Waals surface area contributed by atoms with E-state index in [2.05, 4.69) is 17.1 Å². The first kappa shape index (κ1) is 23.6. The van der Waals surface area contributed by atoms with Crippen LogP contribution in [0.15, 0.2) is 47.4 Å². The van der Waals surface area contributed by atoms with Crippen molar-refractivity contribution in [3.05, 3.63) is 53.6 Å². The molecule has 2 aromatic carbocycles. The van der Waals surface area contributed by atoms with Crippen LogP contribution >= 0.6 is 0 Å². The summed E-state index contributed by atoms with van der Waals surface area (Å²) < 4.78 is 33.5. The van der Waals surface area contributed by atoms with E-state index in [0.717, 1.165) is 37.5 Å². The second-order valence-electron chi connectivity index (χ2n) is 8.98. The van der Waals surface area contributed by atoms with Crippen LogP contribution in [0.5, 0.6) is 5.75 Å². The summed E-state index contributed by atoms with van der Waals surface area (Å²) in [6.07, 6.45) is 4.04. The van der Waals surface area contributed by atoms with Crippen molar-refractivity contribution in [2.24, 2.45) is 5.92 Å². The standard InChI is InChI=1S/C25H33N3O4S/c1-19-7-5-14-27(18-19)15-6-13-26-25(29)22-17-21(10-11-24(22)32-2)33(30,31)28-16-12-20-8-3-4-9-23(20)28/h3-4,8-11,17,19H,5-7,12-16,18H2,1-2H3,(H,26,29). The van der Waals surface area contributed by atoms with Crippen molar-refractivity contribution in [1.29, 1.82) is 0 Å². The summed E-state index contributed by atoms with van der Waals surface area (Å²) in [5.41, 5.74) is 1.94. The van der Waals surface area contributed by atoms with Crippen molar-refractivity contribution in [3.63, 3.8) is 0 Å². The van der Waals surface area contributed by atoms with Gasteiger partial charge in [0.15, 0.2) is 0 Å². The lowest BCUT2D eigenvalue weighted by Crippen LogP contribution is -2.36. The van der Waals surface area contributed by atoms with Gasteiger partial charge in [0.2, 0.25) is 0 Å². The summed E-state index contributed by atoms with van der Waals surface area (Å²) in [6.45, 7) is 6.38. The van der Waals surface area contributed by atoms with Crippen LogP contribution < -0.4 is 14.4 Å². The molecule has 33 heavy (non-hydrogen) atoms. The molecule has 1 atom stereocenters. The second-order valence-corrected chi connectivity index (χ2v) is 10.8. The first-order chi connectivity index (χ1) is 15.9. The van der Waals surface area contributed by atoms with Gasteiger partial charge in [0.25, 0.3) is 15.9 Å². The molecule has 0 aliphatic carbocycles. The minimum Gasteiger partial charge on any atom is -0.496 e. The number of carbonyl (C=O) groups excluding carboxylic acids is 1. The SMILES string of the molecule is COc1ccc(S(=O)(=O)N2CCc3ccccc32)cc1C(=O)NCCCN1CCCC(C)C1. The molecule has 1 amide bonds. The lowest BCUT2D eigenvalue weighted by molar-refractivity contribution is 0.0947. The van der Waals surface area contributed by atoms with Crippen molar-refractivity contribution in [3.8, 4) is 5.75 Å². The monoisotopic (exact) mass is 471 g/mol. The van der Waals surface area contributed by atoms with Gasteiger partial charge in [-0.3, -0.25) is 9.10 Å². The number of hydrogen-bond donors (Lipinski definition) is 1. The molecule has 1 N–H and O–H groups in total. The van der Waals surface area contributed by atoms with Crippen molar-refractivity contribution in [1.82, 2.24) is 10.2 Å². The maximum atomic E-state index is 13.4. The van der Waals surface area contributed by atoms with Crippen LogP contribution in [-0.2, 0) is 16.4 Å². The molecule has 2 aliphatic rings. The van der Waals surface area contributed by atoms with Crippen molar-refractivity contribution < 1.29 is 17.9 Å². The fourth-order valence-electron chi connectivity index (χ4n) is 4.80. The fourth-order valence-corrected chi connectivity index (χ4v) is 6.33. The molecular formula is C25H33N3O4S. The van der Waals surface area contributed by atoms with E-state index in [9.17, 15) is 13.2 Å². The first-order valence-corrected chi connectivity index (χ1v) is 13.1. The molecule has 7 nitrogen and oxygen atoms in total.